The molecule has 152 valence electrons. The highest BCUT2D eigenvalue weighted by molar-refractivity contribution is 7.09. The maximum Gasteiger partial charge on any atom is 0.254 e. The molecule has 0 aliphatic carbocycles. The second-order valence-corrected chi connectivity index (χ2v) is 9.99. The molecule has 0 radical (unpaired) electrons. The Hall–Kier alpha value is -2.10. The van der Waals surface area contributed by atoms with Gasteiger partial charge in [-0.1, -0.05) is 62.7 Å². The van der Waals surface area contributed by atoms with Crippen LogP contribution in [0, 0.1) is 0 Å². The molecule has 0 bridgehead atoms. The topological polar surface area (TPSA) is 20.3 Å². The zero-order chi connectivity index (χ0) is 21.0. The molecular formula is C25H28ClNOS. The summed E-state index contributed by atoms with van der Waals surface area (Å²) in [6.07, 6.45) is 0.844. The van der Waals surface area contributed by atoms with Crippen LogP contribution in [-0.2, 0) is 18.4 Å². The van der Waals surface area contributed by atoms with Crippen molar-refractivity contribution in [2.45, 2.75) is 52.1 Å². The van der Waals surface area contributed by atoms with Gasteiger partial charge in [-0.05, 0) is 59.2 Å². The SMILES string of the molecule is C[C@H](Cc1cccs1)N(Cc1ccc(Cl)cc1)C(=O)c1ccc(C(C)(C)C)cc1. The van der Waals surface area contributed by atoms with E-state index in [1.807, 2.05) is 41.3 Å². The van der Waals surface area contributed by atoms with Crippen molar-refractivity contribution in [3.8, 4) is 0 Å². The van der Waals surface area contributed by atoms with Crippen LogP contribution in [0.4, 0.5) is 0 Å². The first kappa shape index (κ1) is 21.6. The van der Waals surface area contributed by atoms with Gasteiger partial charge in [0.1, 0.15) is 0 Å². The van der Waals surface area contributed by atoms with Gasteiger partial charge in [0.25, 0.3) is 5.91 Å². The maximum atomic E-state index is 13.5. The third-order valence-corrected chi connectivity index (χ3v) is 6.28. The van der Waals surface area contributed by atoms with E-state index in [0.29, 0.717) is 11.6 Å². The molecule has 3 aromatic rings. The summed E-state index contributed by atoms with van der Waals surface area (Å²) in [6.45, 7) is 9.22. The maximum absolute atomic E-state index is 13.5. The van der Waals surface area contributed by atoms with E-state index in [-0.39, 0.29) is 17.4 Å². The first-order valence-corrected chi connectivity index (χ1v) is 11.2. The number of carbonyl (C=O) groups excluding carboxylic acids is 1. The predicted molar refractivity (Wildman–Crippen MR) is 124 cm³/mol. The number of carbonyl (C=O) groups is 1. The Morgan fingerprint density at radius 2 is 1.69 bits per heavy atom. The molecule has 3 rings (SSSR count). The molecule has 1 amide bonds. The Morgan fingerprint density at radius 3 is 2.24 bits per heavy atom. The van der Waals surface area contributed by atoms with E-state index < -0.39 is 0 Å². The van der Waals surface area contributed by atoms with Crippen molar-refractivity contribution in [1.29, 1.82) is 0 Å². The van der Waals surface area contributed by atoms with E-state index in [4.69, 9.17) is 11.6 Å². The summed E-state index contributed by atoms with van der Waals surface area (Å²) < 4.78 is 0. The number of thiophene rings is 1. The molecule has 0 N–H and O–H groups in total. The van der Waals surface area contributed by atoms with Crippen molar-refractivity contribution in [2.24, 2.45) is 0 Å². The molecule has 2 aromatic carbocycles. The van der Waals surface area contributed by atoms with E-state index in [2.05, 4.69) is 57.3 Å². The van der Waals surface area contributed by atoms with Crippen molar-refractivity contribution in [3.05, 3.63) is 92.6 Å². The van der Waals surface area contributed by atoms with E-state index >= 15 is 0 Å². The van der Waals surface area contributed by atoms with Crippen LogP contribution in [0.15, 0.2) is 66.0 Å². The molecule has 0 unspecified atom stereocenters. The summed E-state index contributed by atoms with van der Waals surface area (Å²) in [5.41, 5.74) is 3.10. The summed E-state index contributed by atoms with van der Waals surface area (Å²) >= 11 is 7.77. The minimum Gasteiger partial charge on any atom is -0.331 e. The van der Waals surface area contributed by atoms with Gasteiger partial charge in [-0.2, -0.15) is 0 Å². The van der Waals surface area contributed by atoms with Crippen LogP contribution in [0.2, 0.25) is 5.02 Å². The van der Waals surface area contributed by atoms with Gasteiger partial charge in [0.2, 0.25) is 0 Å². The molecule has 2 nitrogen and oxygen atoms in total. The molecule has 0 spiro atoms. The minimum atomic E-state index is 0.0597. The zero-order valence-electron chi connectivity index (χ0n) is 17.5. The van der Waals surface area contributed by atoms with Crippen molar-refractivity contribution in [3.63, 3.8) is 0 Å². The van der Waals surface area contributed by atoms with Crippen LogP contribution >= 0.6 is 22.9 Å². The van der Waals surface area contributed by atoms with Gasteiger partial charge in [-0.15, -0.1) is 11.3 Å². The fourth-order valence-electron chi connectivity index (χ4n) is 3.32. The van der Waals surface area contributed by atoms with Crippen LogP contribution in [0.3, 0.4) is 0 Å². The van der Waals surface area contributed by atoms with Gasteiger partial charge in [0.05, 0.1) is 0 Å². The molecule has 1 heterocycles. The first-order chi connectivity index (χ1) is 13.7. The van der Waals surface area contributed by atoms with Gasteiger partial charge in [0, 0.05) is 34.5 Å². The third-order valence-electron chi connectivity index (χ3n) is 5.13. The monoisotopic (exact) mass is 425 g/mol. The smallest absolute Gasteiger partial charge is 0.254 e. The Balaban J connectivity index is 1.86. The van der Waals surface area contributed by atoms with Gasteiger partial charge in [-0.25, -0.2) is 0 Å². The number of benzene rings is 2. The third kappa shape index (κ3) is 5.71. The Kier molecular flexibility index (Phi) is 6.81. The largest absolute Gasteiger partial charge is 0.331 e. The quantitative estimate of drug-likeness (QED) is 0.417. The van der Waals surface area contributed by atoms with Gasteiger partial charge < -0.3 is 4.90 Å². The molecule has 0 aliphatic heterocycles. The average Bonchev–Trinajstić information content (AvgIpc) is 3.19. The number of rotatable bonds is 6. The lowest BCUT2D eigenvalue weighted by molar-refractivity contribution is 0.0676. The lowest BCUT2D eigenvalue weighted by Gasteiger charge is -2.30. The van der Waals surface area contributed by atoms with Gasteiger partial charge >= 0.3 is 0 Å². The highest BCUT2D eigenvalue weighted by atomic mass is 35.5. The molecule has 1 atom stereocenters. The molecule has 29 heavy (non-hydrogen) atoms. The molecule has 1 aromatic heterocycles. The van der Waals surface area contributed by atoms with E-state index in [1.165, 1.54) is 10.4 Å². The Bertz CT molecular complexity index is 924. The average molecular weight is 426 g/mol. The van der Waals surface area contributed by atoms with Crippen LogP contribution in [-0.4, -0.2) is 16.8 Å². The van der Waals surface area contributed by atoms with Crippen LogP contribution in [0.5, 0.6) is 0 Å². The molecular weight excluding hydrogens is 398 g/mol. The van der Waals surface area contributed by atoms with Crippen LogP contribution in [0.1, 0.15) is 54.1 Å². The molecule has 0 fully saturated rings. The molecule has 4 heteroatoms. The molecule has 0 saturated heterocycles. The standard InChI is InChI=1S/C25H28ClNOS/c1-18(16-23-6-5-15-29-23)27(17-19-7-13-22(26)14-8-19)24(28)20-9-11-21(12-10-20)25(2,3)4/h5-15,18H,16-17H2,1-4H3/t18-/m1/s1. The van der Waals surface area contributed by atoms with Gasteiger partial charge in [-0.3, -0.25) is 4.79 Å². The Labute approximate surface area is 183 Å². The molecule has 0 aliphatic rings. The first-order valence-electron chi connectivity index (χ1n) is 9.92. The fraction of sp³-hybridized carbons (Fsp3) is 0.320. The van der Waals surface area contributed by atoms with Crippen LogP contribution in [0.25, 0.3) is 0 Å². The normalized spacial score (nSPS) is 12.6. The lowest BCUT2D eigenvalue weighted by Crippen LogP contribution is -2.39. The highest BCUT2D eigenvalue weighted by Crippen LogP contribution is 2.24. The summed E-state index contributed by atoms with van der Waals surface area (Å²) in [5, 5.41) is 2.79. The number of nitrogens with zero attached hydrogens (tertiary/aromatic N) is 1. The summed E-state index contributed by atoms with van der Waals surface area (Å²) in [7, 11) is 0. The summed E-state index contributed by atoms with van der Waals surface area (Å²) in [5.74, 6) is 0.0597. The zero-order valence-corrected chi connectivity index (χ0v) is 19.1. The van der Waals surface area contributed by atoms with E-state index in [1.54, 1.807) is 11.3 Å². The van der Waals surface area contributed by atoms with Crippen molar-refractivity contribution < 1.29 is 4.79 Å². The lowest BCUT2D eigenvalue weighted by atomic mass is 9.86. The van der Waals surface area contributed by atoms with Crippen LogP contribution < -0.4 is 0 Å². The number of hydrogen-bond donors (Lipinski definition) is 0. The second-order valence-electron chi connectivity index (χ2n) is 8.52. The molecule has 0 saturated carbocycles. The van der Waals surface area contributed by atoms with Crippen molar-refractivity contribution in [2.75, 3.05) is 0 Å². The number of hydrogen-bond acceptors (Lipinski definition) is 2. The van der Waals surface area contributed by atoms with E-state index in [9.17, 15) is 4.79 Å². The van der Waals surface area contributed by atoms with Gasteiger partial charge in [0.15, 0.2) is 0 Å². The second kappa shape index (κ2) is 9.15. The summed E-state index contributed by atoms with van der Waals surface area (Å²) in [6, 6.07) is 20.0. The Morgan fingerprint density at radius 1 is 1.03 bits per heavy atom. The number of halogens is 1. The summed E-state index contributed by atoms with van der Waals surface area (Å²) in [4.78, 5) is 16.7. The van der Waals surface area contributed by atoms with Crippen molar-refractivity contribution >= 4 is 28.8 Å². The predicted octanol–water partition coefficient (Wildman–Crippen LogP) is 6.97. The number of amides is 1. The fourth-order valence-corrected chi connectivity index (χ4v) is 4.28. The minimum absolute atomic E-state index is 0.0597. The highest BCUT2D eigenvalue weighted by Gasteiger charge is 2.23. The van der Waals surface area contributed by atoms with E-state index in [0.717, 1.165) is 17.5 Å². The van der Waals surface area contributed by atoms with Crippen molar-refractivity contribution in [1.82, 2.24) is 4.90 Å².